The number of H-pyrrole nitrogens is 1. The van der Waals surface area contributed by atoms with Gasteiger partial charge < -0.3 is 15.0 Å². The van der Waals surface area contributed by atoms with Crippen molar-refractivity contribution in [1.29, 1.82) is 0 Å². The minimum Gasteiger partial charge on any atom is -0.383 e. The molecule has 3 N–H and O–H groups in total. The molecule has 9 heteroatoms. The lowest BCUT2D eigenvalue weighted by atomic mass is 10.1. The zero-order valence-electron chi connectivity index (χ0n) is 20.0. The van der Waals surface area contributed by atoms with Crippen molar-refractivity contribution in [2.24, 2.45) is 5.10 Å². The Morgan fingerprint density at radius 1 is 1.14 bits per heavy atom. The van der Waals surface area contributed by atoms with Gasteiger partial charge in [0.2, 0.25) is 0 Å². The molecule has 3 heterocycles. The summed E-state index contributed by atoms with van der Waals surface area (Å²) in [6, 6.07) is 17.9. The van der Waals surface area contributed by atoms with Crippen LogP contribution in [0.1, 0.15) is 32.1 Å². The van der Waals surface area contributed by atoms with Crippen LogP contribution in [-0.4, -0.2) is 47.3 Å². The summed E-state index contributed by atoms with van der Waals surface area (Å²) in [5, 5.41) is 9.36. The number of carbonyl (C=O) groups is 1. The van der Waals surface area contributed by atoms with Crippen molar-refractivity contribution >= 4 is 50.4 Å². The summed E-state index contributed by atoms with van der Waals surface area (Å²) >= 11 is 1.62. The molecule has 0 saturated heterocycles. The Kier molecular flexibility index (Phi) is 7.01. The number of aryl methyl sites for hydroxylation is 1. The number of benzene rings is 2. The van der Waals surface area contributed by atoms with Crippen LogP contribution in [0.5, 0.6) is 0 Å². The van der Waals surface area contributed by atoms with E-state index in [1.165, 1.54) is 0 Å². The first-order chi connectivity index (χ1) is 17.6. The average Bonchev–Trinajstić information content (AvgIpc) is 3.45. The molecule has 1 amide bonds. The van der Waals surface area contributed by atoms with Gasteiger partial charge in [-0.25, -0.2) is 9.97 Å². The number of aromatic amines is 1. The zero-order valence-corrected chi connectivity index (χ0v) is 20.9. The number of amides is 1. The van der Waals surface area contributed by atoms with E-state index in [2.05, 4.69) is 49.0 Å². The van der Waals surface area contributed by atoms with Gasteiger partial charge in [0.15, 0.2) is 5.82 Å². The molecule has 2 aromatic carbocycles. The number of methoxy groups -OCH3 is 1. The Labute approximate surface area is 212 Å². The second kappa shape index (κ2) is 10.7. The zero-order chi connectivity index (χ0) is 24.9. The fraction of sp³-hybridized carbons (Fsp3) is 0.185. The van der Waals surface area contributed by atoms with E-state index in [0.29, 0.717) is 24.5 Å². The molecule has 0 atom stereocenters. The third-order valence-corrected chi connectivity index (χ3v) is 6.92. The summed E-state index contributed by atoms with van der Waals surface area (Å²) in [7, 11) is 1.61. The minimum absolute atomic E-state index is 0.102. The number of thiophene rings is 1. The number of nitrogens with zero attached hydrogens (tertiary/aromatic N) is 3. The topological polar surface area (TPSA) is 104 Å². The Balaban J connectivity index is 1.29. The molecule has 0 bridgehead atoms. The van der Waals surface area contributed by atoms with Gasteiger partial charge in [-0.3, -0.25) is 10.2 Å². The summed E-state index contributed by atoms with van der Waals surface area (Å²) in [6.45, 7) is 3.01. The number of rotatable bonds is 9. The Hall–Kier alpha value is -4.08. The van der Waals surface area contributed by atoms with Gasteiger partial charge in [-0.1, -0.05) is 30.3 Å². The molecule has 0 unspecified atom stereocenters. The summed E-state index contributed by atoms with van der Waals surface area (Å²) in [5.74, 6) is 0.564. The van der Waals surface area contributed by atoms with Gasteiger partial charge in [0.1, 0.15) is 11.2 Å². The second-order valence-corrected chi connectivity index (χ2v) is 9.47. The lowest BCUT2D eigenvalue weighted by molar-refractivity contribution is 0.0937. The van der Waals surface area contributed by atoms with Crippen LogP contribution < -0.4 is 10.7 Å². The van der Waals surface area contributed by atoms with Gasteiger partial charge in [-0.2, -0.15) is 5.10 Å². The molecule has 0 fully saturated rings. The second-order valence-electron chi connectivity index (χ2n) is 8.36. The highest BCUT2D eigenvalue weighted by Crippen LogP contribution is 2.30. The number of hydrogen-bond acceptors (Lipinski definition) is 7. The maximum Gasteiger partial charge on any atom is 0.251 e. The molecule has 0 saturated carbocycles. The third kappa shape index (κ3) is 5.12. The lowest BCUT2D eigenvalue weighted by Crippen LogP contribution is -2.26. The maximum atomic E-state index is 12.2. The van der Waals surface area contributed by atoms with Crippen molar-refractivity contribution in [3.05, 3.63) is 88.2 Å². The van der Waals surface area contributed by atoms with Gasteiger partial charge in [0.05, 0.1) is 18.2 Å². The van der Waals surface area contributed by atoms with Crippen LogP contribution in [0.25, 0.3) is 21.1 Å². The van der Waals surface area contributed by atoms with Crippen LogP contribution in [0.4, 0.5) is 5.82 Å². The SMILES string of the molecule is COCCNC(=O)c1ccc(Cc2cc3c(NN=Cc4c(C)[nH]c5ccccc45)ncnc3s2)cc1. The van der Waals surface area contributed by atoms with Crippen molar-refractivity contribution in [2.75, 3.05) is 25.7 Å². The molecular weight excluding hydrogens is 472 g/mol. The molecule has 0 aliphatic heterocycles. The fourth-order valence-electron chi connectivity index (χ4n) is 4.05. The molecule has 5 rings (SSSR count). The van der Waals surface area contributed by atoms with Crippen LogP contribution in [0.2, 0.25) is 0 Å². The number of anilines is 1. The molecule has 3 aromatic heterocycles. The van der Waals surface area contributed by atoms with E-state index in [1.54, 1.807) is 24.8 Å². The first-order valence-electron chi connectivity index (χ1n) is 11.6. The van der Waals surface area contributed by atoms with Crippen molar-refractivity contribution < 1.29 is 9.53 Å². The predicted octanol–water partition coefficient (Wildman–Crippen LogP) is 4.89. The number of aromatic nitrogens is 3. The molecule has 0 aliphatic rings. The van der Waals surface area contributed by atoms with E-state index in [4.69, 9.17) is 4.74 Å². The van der Waals surface area contributed by atoms with Gasteiger partial charge in [0.25, 0.3) is 5.91 Å². The Morgan fingerprint density at radius 3 is 2.81 bits per heavy atom. The van der Waals surface area contributed by atoms with Gasteiger partial charge >= 0.3 is 0 Å². The van der Waals surface area contributed by atoms with E-state index in [1.807, 2.05) is 49.5 Å². The number of hydrazone groups is 1. The molecule has 8 nitrogen and oxygen atoms in total. The highest BCUT2D eigenvalue weighted by atomic mass is 32.1. The smallest absolute Gasteiger partial charge is 0.251 e. The number of ether oxygens (including phenoxy) is 1. The van der Waals surface area contributed by atoms with E-state index >= 15 is 0 Å². The highest BCUT2D eigenvalue weighted by Gasteiger charge is 2.11. The van der Waals surface area contributed by atoms with Crippen LogP contribution in [-0.2, 0) is 11.2 Å². The molecule has 0 aliphatic carbocycles. The lowest BCUT2D eigenvalue weighted by Gasteiger charge is -2.05. The van der Waals surface area contributed by atoms with E-state index in [-0.39, 0.29) is 5.91 Å². The first kappa shape index (κ1) is 23.7. The molecular formula is C27H26N6O2S. The summed E-state index contributed by atoms with van der Waals surface area (Å²) < 4.78 is 4.97. The maximum absolute atomic E-state index is 12.2. The van der Waals surface area contributed by atoms with Crippen LogP contribution in [0.15, 0.2) is 66.0 Å². The monoisotopic (exact) mass is 498 g/mol. The van der Waals surface area contributed by atoms with E-state index in [0.717, 1.165) is 49.2 Å². The normalized spacial score (nSPS) is 11.5. The number of fused-ring (bicyclic) bond motifs is 2. The van der Waals surface area contributed by atoms with Crippen molar-refractivity contribution in [3.8, 4) is 0 Å². The van der Waals surface area contributed by atoms with E-state index < -0.39 is 0 Å². The number of nitrogens with one attached hydrogen (secondary N) is 3. The Bertz CT molecular complexity index is 1540. The minimum atomic E-state index is -0.102. The summed E-state index contributed by atoms with van der Waals surface area (Å²) in [6.07, 6.45) is 4.11. The van der Waals surface area contributed by atoms with Crippen LogP contribution in [0.3, 0.4) is 0 Å². The number of carbonyl (C=O) groups excluding carboxylic acids is 1. The Morgan fingerprint density at radius 2 is 1.97 bits per heavy atom. The first-order valence-corrected chi connectivity index (χ1v) is 12.4. The number of para-hydroxylation sites is 1. The summed E-state index contributed by atoms with van der Waals surface area (Å²) in [5.41, 5.74) is 8.03. The fourth-order valence-corrected chi connectivity index (χ4v) is 5.08. The average molecular weight is 499 g/mol. The molecule has 36 heavy (non-hydrogen) atoms. The predicted molar refractivity (Wildman–Crippen MR) is 145 cm³/mol. The van der Waals surface area contributed by atoms with Gasteiger partial charge in [-0.15, -0.1) is 11.3 Å². The van der Waals surface area contributed by atoms with E-state index in [9.17, 15) is 4.79 Å². The van der Waals surface area contributed by atoms with Crippen molar-refractivity contribution in [2.45, 2.75) is 13.3 Å². The quantitative estimate of drug-likeness (QED) is 0.152. The third-order valence-electron chi connectivity index (χ3n) is 5.87. The van der Waals surface area contributed by atoms with Gasteiger partial charge in [0, 0.05) is 52.7 Å². The summed E-state index contributed by atoms with van der Waals surface area (Å²) in [4.78, 5) is 26.5. The van der Waals surface area contributed by atoms with Crippen LogP contribution in [0, 0.1) is 6.92 Å². The standard InChI is InChI=1S/C27H26N6O2S/c1-17-23(21-5-3-4-6-24(21)32-17)15-31-33-25-22-14-20(36-27(22)30-16-29-25)13-18-7-9-19(10-8-18)26(34)28-11-12-35-2/h3-10,14-16,32H,11-13H2,1-2H3,(H,28,34)(H,29,30,33). The van der Waals surface area contributed by atoms with Crippen LogP contribution >= 0.6 is 11.3 Å². The number of hydrogen-bond donors (Lipinski definition) is 3. The van der Waals surface area contributed by atoms with Gasteiger partial charge in [-0.05, 0) is 36.8 Å². The largest absolute Gasteiger partial charge is 0.383 e. The highest BCUT2D eigenvalue weighted by molar-refractivity contribution is 7.18. The molecule has 5 aromatic rings. The molecule has 182 valence electrons. The molecule has 0 spiro atoms. The molecule has 0 radical (unpaired) electrons. The van der Waals surface area contributed by atoms with Crippen molar-refractivity contribution in [1.82, 2.24) is 20.3 Å². The van der Waals surface area contributed by atoms with Crippen molar-refractivity contribution in [3.63, 3.8) is 0 Å².